The minimum atomic E-state index is -1.87. The molecule has 0 fully saturated rings. The Kier molecular flexibility index (Phi) is 2.14. The van der Waals surface area contributed by atoms with Crippen LogP contribution in [-0.2, 0) is 0 Å². The molecule has 0 aliphatic carbocycles. The van der Waals surface area contributed by atoms with Crippen LogP contribution in [0.25, 0.3) is 10.2 Å². The van der Waals surface area contributed by atoms with E-state index >= 15 is 0 Å². The van der Waals surface area contributed by atoms with Crippen molar-refractivity contribution in [2.45, 2.75) is 0 Å². The van der Waals surface area contributed by atoms with Crippen molar-refractivity contribution in [2.24, 2.45) is 0 Å². The van der Waals surface area contributed by atoms with Crippen LogP contribution < -0.4 is 11.2 Å². The van der Waals surface area contributed by atoms with Gasteiger partial charge >= 0.3 is 7.12 Å². The molecule has 0 aliphatic heterocycles. The molecule has 4 nitrogen and oxygen atoms in total. The van der Waals surface area contributed by atoms with Crippen molar-refractivity contribution in [2.75, 3.05) is 5.73 Å². The molecule has 72 valence electrons. The Morgan fingerprint density at radius 3 is 2.79 bits per heavy atom. The lowest BCUT2D eigenvalue weighted by molar-refractivity contribution is 0.423. The Bertz CT molecular complexity index is 488. The molecule has 7 heteroatoms. The summed E-state index contributed by atoms with van der Waals surface area (Å²) in [4.78, 5) is 3.83. The molecule has 0 aliphatic rings. The summed E-state index contributed by atoms with van der Waals surface area (Å²) in [6.07, 6.45) is 0. The van der Waals surface area contributed by atoms with Crippen LogP contribution in [0.3, 0.4) is 0 Å². The van der Waals surface area contributed by atoms with Crippen LogP contribution in [0.5, 0.6) is 0 Å². The molecule has 4 N–H and O–H groups in total. The molecule has 0 atom stereocenters. The van der Waals surface area contributed by atoms with Crippen LogP contribution in [-0.4, -0.2) is 22.2 Å². The van der Waals surface area contributed by atoms with Gasteiger partial charge in [0.05, 0.1) is 10.2 Å². The number of aromatic nitrogens is 1. The summed E-state index contributed by atoms with van der Waals surface area (Å²) in [5, 5.41) is 18.2. The largest absolute Gasteiger partial charge is 0.493 e. The summed E-state index contributed by atoms with van der Waals surface area (Å²) in [6, 6.07) is 2.67. The van der Waals surface area contributed by atoms with E-state index in [1.807, 2.05) is 0 Å². The molecule has 0 saturated carbocycles. The third-order valence-electron chi connectivity index (χ3n) is 1.82. The Hall–Kier alpha value is -1.18. The van der Waals surface area contributed by atoms with Gasteiger partial charge in [-0.05, 0) is 12.1 Å². The minimum Gasteiger partial charge on any atom is -0.423 e. The lowest BCUT2D eigenvalue weighted by Crippen LogP contribution is -2.33. The molecule has 0 bridgehead atoms. The fraction of sp³-hybridized carbons (Fsp3) is 0. The SMILES string of the molecule is Nc1nc2c(B(O)O)c(F)ccc2s1. The van der Waals surface area contributed by atoms with Crippen molar-refractivity contribution in [3.8, 4) is 0 Å². The van der Waals surface area contributed by atoms with E-state index in [4.69, 9.17) is 15.8 Å². The van der Waals surface area contributed by atoms with E-state index in [0.717, 1.165) is 6.07 Å². The van der Waals surface area contributed by atoms with Crippen molar-refractivity contribution in [3.63, 3.8) is 0 Å². The quantitative estimate of drug-likeness (QED) is 0.567. The Balaban J connectivity index is 2.82. The normalized spacial score (nSPS) is 10.8. The molecule has 2 aromatic rings. The van der Waals surface area contributed by atoms with Gasteiger partial charge < -0.3 is 15.8 Å². The molecule has 0 amide bonds. The second-order valence-corrected chi connectivity index (χ2v) is 3.80. The zero-order valence-electron chi connectivity index (χ0n) is 6.94. The lowest BCUT2D eigenvalue weighted by atomic mass is 9.79. The monoisotopic (exact) mass is 212 g/mol. The summed E-state index contributed by atoms with van der Waals surface area (Å²) in [6.45, 7) is 0. The first-order chi connectivity index (χ1) is 6.59. The summed E-state index contributed by atoms with van der Waals surface area (Å²) < 4.78 is 13.8. The smallest absolute Gasteiger partial charge is 0.423 e. The number of nitrogens with two attached hydrogens (primary N) is 1. The highest BCUT2D eigenvalue weighted by Crippen LogP contribution is 2.22. The molecule has 1 heterocycles. The van der Waals surface area contributed by atoms with Gasteiger partial charge in [-0.1, -0.05) is 11.3 Å². The zero-order chi connectivity index (χ0) is 10.3. The highest BCUT2D eigenvalue weighted by molar-refractivity contribution is 7.22. The standard InChI is InChI=1S/C7H6BFN2O2S/c9-3-1-2-4-6(5(3)8(12)13)11-7(10)14-4/h1-2,12-13H,(H2,10,11). The average Bonchev–Trinajstić information content (AvgIpc) is 2.43. The van der Waals surface area contributed by atoms with Gasteiger partial charge in [0, 0.05) is 5.46 Å². The predicted octanol–water partition coefficient (Wildman–Crippen LogP) is -0.303. The average molecular weight is 212 g/mol. The summed E-state index contributed by atoms with van der Waals surface area (Å²) >= 11 is 1.17. The van der Waals surface area contributed by atoms with Crippen molar-refractivity contribution >= 4 is 39.3 Å². The number of benzene rings is 1. The second kappa shape index (κ2) is 3.20. The molecule has 0 unspecified atom stereocenters. The maximum Gasteiger partial charge on any atom is 0.493 e. The molecular formula is C7H6BFN2O2S. The van der Waals surface area contributed by atoms with Crippen molar-refractivity contribution in [1.29, 1.82) is 0 Å². The van der Waals surface area contributed by atoms with Gasteiger partial charge in [-0.25, -0.2) is 9.37 Å². The fourth-order valence-electron chi connectivity index (χ4n) is 1.25. The number of anilines is 1. The zero-order valence-corrected chi connectivity index (χ0v) is 7.75. The van der Waals surface area contributed by atoms with Crippen LogP contribution >= 0.6 is 11.3 Å². The van der Waals surface area contributed by atoms with Crippen molar-refractivity contribution in [1.82, 2.24) is 4.98 Å². The molecule has 0 saturated heterocycles. The summed E-state index contributed by atoms with van der Waals surface area (Å²) in [7, 11) is -1.87. The van der Waals surface area contributed by atoms with Crippen LogP contribution in [0, 0.1) is 5.82 Å². The maximum absolute atomic E-state index is 13.2. The number of nitrogens with zero attached hydrogens (tertiary/aromatic N) is 1. The number of fused-ring (bicyclic) bond motifs is 1. The van der Waals surface area contributed by atoms with E-state index in [1.165, 1.54) is 17.4 Å². The first-order valence-electron chi connectivity index (χ1n) is 3.80. The van der Waals surface area contributed by atoms with Gasteiger partial charge in [0.2, 0.25) is 0 Å². The van der Waals surface area contributed by atoms with Crippen LogP contribution in [0.1, 0.15) is 0 Å². The Labute approximate surface area is 83.0 Å². The molecule has 0 radical (unpaired) electrons. The van der Waals surface area contributed by atoms with E-state index in [-0.39, 0.29) is 16.1 Å². The Morgan fingerprint density at radius 1 is 1.43 bits per heavy atom. The van der Waals surface area contributed by atoms with E-state index in [0.29, 0.717) is 4.70 Å². The molecule has 1 aromatic carbocycles. The van der Waals surface area contributed by atoms with Gasteiger partial charge in [-0.15, -0.1) is 0 Å². The number of hydrogen-bond donors (Lipinski definition) is 3. The van der Waals surface area contributed by atoms with Crippen LogP contribution in [0.4, 0.5) is 9.52 Å². The van der Waals surface area contributed by atoms with Crippen molar-refractivity contribution < 1.29 is 14.4 Å². The Morgan fingerprint density at radius 2 is 2.14 bits per heavy atom. The molecular weight excluding hydrogens is 206 g/mol. The second-order valence-electron chi connectivity index (χ2n) is 2.73. The van der Waals surface area contributed by atoms with Gasteiger partial charge in [0.25, 0.3) is 0 Å². The molecule has 0 spiro atoms. The first kappa shape index (κ1) is 9.38. The fourth-order valence-corrected chi connectivity index (χ4v) is 2.00. The number of nitrogen functional groups attached to an aromatic ring is 1. The van der Waals surface area contributed by atoms with E-state index in [9.17, 15) is 4.39 Å². The molecule has 1 aromatic heterocycles. The van der Waals surface area contributed by atoms with E-state index in [1.54, 1.807) is 0 Å². The lowest BCUT2D eigenvalue weighted by Gasteiger charge is -2.01. The molecule has 2 rings (SSSR count). The maximum atomic E-state index is 13.2. The number of thiazole rings is 1. The minimum absolute atomic E-state index is 0.211. The summed E-state index contributed by atoms with van der Waals surface area (Å²) in [5.74, 6) is -0.696. The van der Waals surface area contributed by atoms with Gasteiger partial charge in [0.15, 0.2) is 5.13 Å². The van der Waals surface area contributed by atoms with E-state index in [2.05, 4.69) is 4.98 Å². The third kappa shape index (κ3) is 1.35. The van der Waals surface area contributed by atoms with Crippen LogP contribution in [0.2, 0.25) is 0 Å². The van der Waals surface area contributed by atoms with Gasteiger partial charge in [-0.2, -0.15) is 0 Å². The highest BCUT2D eigenvalue weighted by atomic mass is 32.1. The number of hydrogen-bond acceptors (Lipinski definition) is 5. The predicted molar refractivity (Wildman–Crippen MR) is 53.8 cm³/mol. The third-order valence-corrected chi connectivity index (χ3v) is 2.67. The summed E-state index contributed by atoms with van der Waals surface area (Å²) in [5.41, 5.74) is 5.42. The number of rotatable bonds is 1. The first-order valence-corrected chi connectivity index (χ1v) is 4.62. The van der Waals surface area contributed by atoms with Crippen molar-refractivity contribution in [3.05, 3.63) is 17.9 Å². The topological polar surface area (TPSA) is 79.4 Å². The number of halogens is 1. The highest BCUT2D eigenvalue weighted by Gasteiger charge is 2.22. The van der Waals surface area contributed by atoms with Gasteiger partial charge in [0.1, 0.15) is 5.82 Å². The van der Waals surface area contributed by atoms with Gasteiger partial charge in [-0.3, -0.25) is 0 Å². The van der Waals surface area contributed by atoms with Crippen LogP contribution in [0.15, 0.2) is 12.1 Å². The molecule has 14 heavy (non-hydrogen) atoms. The van der Waals surface area contributed by atoms with E-state index < -0.39 is 12.9 Å².